The Morgan fingerprint density at radius 2 is 1.92 bits per heavy atom. The number of carbonyl (C=O) groups is 1. The zero-order valence-electron chi connectivity index (χ0n) is 14.0. The summed E-state index contributed by atoms with van der Waals surface area (Å²) in [7, 11) is -1.96. The summed E-state index contributed by atoms with van der Waals surface area (Å²) in [5, 5.41) is 2.90. The summed E-state index contributed by atoms with van der Waals surface area (Å²) in [4.78, 5) is 13.2. The molecular formula is C16H24N2O4S2. The number of hydrogen-bond donors (Lipinski definition) is 1. The number of hydrogen-bond acceptors (Lipinski definition) is 5. The molecule has 1 saturated heterocycles. The third kappa shape index (κ3) is 5.77. The van der Waals surface area contributed by atoms with Crippen molar-refractivity contribution < 1.29 is 17.9 Å². The van der Waals surface area contributed by atoms with Crippen molar-refractivity contribution in [3.8, 4) is 0 Å². The molecule has 1 N–H and O–H groups in total. The first-order valence-corrected chi connectivity index (χ1v) is 10.5. The van der Waals surface area contributed by atoms with Gasteiger partial charge in [0.15, 0.2) is 0 Å². The number of benzene rings is 1. The van der Waals surface area contributed by atoms with E-state index in [4.69, 9.17) is 4.74 Å². The van der Waals surface area contributed by atoms with Gasteiger partial charge >= 0.3 is 0 Å². The summed E-state index contributed by atoms with van der Waals surface area (Å²) >= 11 is 1.75. The Balaban J connectivity index is 1.97. The van der Waals surface area contributed by atoms with Gasteiger partial charge in [-0.25, -0.2) is 8.42 Å². The molecule has 8 heteroatoms. The Morgan fingerprint density at radius 1 is 1.29 bits per heavy atom. The van der Waals surface area contributed by atoms with Crippen LogP contribution in [0.4, 0.5) is 0 Å². The van der Waals surface area contributed by atoms with Gasteiger partial charge < -0.3 is 10.1 Å². The molecule has 0 atom stereocenters. The fourth-order valence-electron chi connectivity index (χ4n) is 2.43. The van der Waals surface area contributed by atoms with Gasteiger partial charge in [0.05, 0.1) is 12.8 Å². The Bertz CT molecular complexity index is 643. The van der Waals surface area contributed by atoms with Gasteiger partial charge in [0.25, 0.3) is 0 Å². The van der Waals surface area contributed by atoms with Gasteiger partial charge in [0.2, 0.25) is 15.9 Å². The molecule has 0 radical (unpaired) electrons. The Morgan fingerprint density at radius 3 is 2.50 bits per heavy atom. The predicted molar refractivity (Wildman–Crippen MR) is 95.6 cm³/mol. The van der Waals surface area contributed by atoms with Gasteiger partial charge in [-0.2, -0.15) is 4.31 Å². The van der Waals surface area contributed by atoms with Gasteiger partial charge in [0.1, 0.15) is 0 Å². The minimum absolute atomic E-state index is 0.126. The number of nitrogens with zero attached hydrogens (tertiary/aromatic N) is 1. The highest BCUT2D eigenvalue weighted by atomic mass is 32.2. The van der Waals surface area contributed by atoms with Gasteiger partial charge in [-0.05, 0) is 25.0 Å². The van der Waals surface area contributed by atoms with E-state index in [-0.39, 0.29) is 17.2 Å². The highest BCUT2D eigenvalue weighted by Crippen LogP contribution is 2.39. The highest BCUT2D eigenvalue weighted by molar-refractivity contribution is 8.00. The fourth-order valence-corrected chi connectivity index (χ4v) is 4.09. The largest absolute Gasteiger partial charge is 0.381 e. The maximum atomic E-state index is 12.1. The molecular weight excluding hydrogens is 348 g/mol. The van der Waals surface area contributed by atoms with Crippen molar-refractivity contribution in [1.29, 1.82) is 0 Å². The first-order valence-electron chi connectivity index (χ1n) is 7.81. The Kier molecular flexibility index (Phi) is 6.68. The van der Waals surface area contributed by atoms with Crippen LogP contribution >= 0.6 is 11.8 Å². The number of nitrogens with one attached hydrogen (secondary N) is 1. The summed E-state index contributed by atoms with van der Waals surface area (Å²) in [5.74, 6) is -0.289. The zero-order valence-corrected chi connectivity index (χ0v) is 15.7. The van der Waals surface area contributed by atoms with Crippen LogP contribution in [-0.4, -0.2) is 63.0 Å². The molecule has 0 aliphatic carbocycles. The quantitative estimate of drug-likeness (QED) is 0.782. The monoisotopic (exact) mass is 372 g/mol. The highest BCUT2D eigenvalue weighted by Gasteiger charge is 2.34. The molecule has 24 heavy (non-hydrogen) atoms. The van der Waals surface area contributed by atoms with Crippen molar-refractivity contribution in [2.24, 2.45) is 0 Å². The summed E-state index contributed by atoms with van der Waals surface area (Å²) in [6.45, 7) is 1.66. The molecule has 2 rings (SSSR count). The van der Waals surface area contributed by atoms with E-state index >= 15 is 0 Å². The number of ether oxygens (including phenoxy) is 1. The minimum atomic E-state index is -3.36. The number of carbonyl (C=O) groups excluding carboxylic acids is 1. The van der Waals surface area contributed by atoms with Gasteiger partial charge in [-0.3, -0.25) is 4.79 Å². The van der Waals surface area contributed by atoms with E-state index in [0.29, 0.717) is 19.8 Å². The van der Waals surface area contributed by atoms with E-state index in [9.17, 15) is 13.2 Å². The third-order valence-electron chi connectivity index (χ3n) is 4.02. The first kappa shape index (κ1) is 19.2. The van der Waals surface area contributed by atoms with E-state index in [1.165, 1.54) is 7.05 Å². The van der Waals surface area contributed by atoms with E-state index < -0.39 is 10.0 Å². The van der Waals surface area contributed by atoms with Gasteiger partial charge in [-0.15, -0.1) is 11.8 Å². The van der Waals surface area contributed by atoms with Crippen LogP contribution in [0.5, 0.6) is 0 Å². The van der Waals surface area contributed by atoms with Crippen LogP contribution in [0.15, 0.2) is 35.2 Å². The maximum absolute atomic E-state index is 12.1. The molecule has 1 fully saturated rings. The normalized spacial score (nSPS) is 17.6. The zero-order chi connectivity index (χ0) is 17.6. The van der Waals surface area contributed by atoms with Crippen LogP contribution < -0.4 is 5.32 Å². The molecule has 0 unspecified atom stereocenters. The summed E-state index contributed by atoms with van der Waals surface area (Å²) in [6, 6.07) is 10.1. The van der Waals surface area contributed by atoms with E-state index in [0.717, 1.165) is 28.3 Å². The third-order valence-corrected chi connectivity index (χ3v) is 6.78. The number of likely N-dealkylation sites (N-methyl/N-ethyl adjacent to an activating group) is 1. The lowest BCUT2D eigenvalue weighted by molar-refractivity contribution is -0.121. The SMILES string of the molecule is CN(CC(=O)NCC1(Sc2ccccc2)CCOCC1)S(C)(=O)=O. The van der Waals surface area contributed by atoms with Gasteiger partial charge in [-0.1, -0.05) is 18.2 Å². The fraction of sp³-hybridized carbons (Fsp3) is 0.562. The molecule has 0 aromatic heterocycles. The molecule has 134 valence electrons. The van der Waals surface area contributed by atoms with Crippen LogP contribution in [0.1, 0.15) is 12.8 Å². The Hall–Kier alpha value is -1.09. The average molecular weight is 373 g/mol. The summed E-state index contributed by atoms with van der Waals surface area (Å²) < 4.78 is 29.2. The minimum Gasteiger partial charge on any atom is -0.381 e. The summed E-state index contributed by atoms with van der Waals surface area (Å²) in [5.41, 5.74) is 0. The smallest absolute Gasteiger partial charge is 0.235 e. The van der Waals surface area contributed by atoms with Crippen molar-refractivity contribution in [3.05, 3.63) is 30.3 Å². The second-order valence-corrected chi connectivity index (χ2v) is 9.64. The lowest BCUT2D eigenvalue weighted by Gasteiger charge is -2.36. The predicted octanol–water partition coefficient (Wildman–Crippen LogP) is 1.34. The Labute approximate surface area is 148 Å². The summed E-state index contributed by atoms with van der Waals surface area (Å²) in [6.07, 6.45) is 2.77. The van der Waals surface area contributed by atoms with Crippen LogP contribution in [0.25, 0.3) is 0 Å². The van der Waals surface area contributed by atoms with Crippen LogP contribution in [0.3, 0.4) is 0 Å². The molecule has 1 amide bonds. The lowest BCUT2D eigenvalue weighted by atomic mass is 9.99. The molecule has 1 aliphatic rings. The number of sulfonamides is 1. The second kappa shape index (κ2) is 8.33. The standard InChI is InChI=1S/C16H24N2O4S2/c1-18(24(2,20)21)12-15(19)17-13-16(8-10-22-11-9-16)23-14-6-4-3-5-7-14/h3-7H,8-13H2,1-2H3,(H,17,19). The molecule has 0 saturated carbocycles. The number of amides is 1. The van der Waals surface area contributed by atoms with Crippen LogP contribution in [0.2, 0.25) is 0 Å². The second-order valence-electron chi connectivity index (χ2n) is 6.01. The van der Waals surface area contributed by atoms with Gasteiger partial charge in [0, 0.05) is 36.4 Å². The molecule has 1 aromatic rings. The van der Waals surface area contributed by atoms with Crippen molar-refractivity contribution >= 4 is 27.7 Å². The molecule has 0 spiro atoms. The van der Waals surface area contributed by atoms with Crippen LogP contribution in [-0.2, 0) is 19.6 Å². The molecule has 6 nitrogen and oxygen atoms in total. The maximum Gasteiger partial charge on any atom is 0.235 e. The lowest BCUT2D eigenvalue weighted by Crippen LogP contribution is -2.47. The molecule has 1 aliphatic heterocycles. The van der Waals surface area contributed by atoms with E-state index in [1.54, 1.807) is 11.8 Å². The van der Waals surface area contributed by atoms with Crippen molar-refractivity contribution in [3.63, 3.8) is 0 Å². The number of thioether (sulfide) groups is 1. The van der Waals surface area contributed by atoms with Crippen LogP contribution in [0, 0.1) is 0 Å². The molecule has 1 heterocycles. The molecule has 0 bridgehead atoms. The first-order chi connectivity index (χ1) is 11.3. The van der Waals surface area contributed by atoms with Crippen molar-refractivity contribution in [2.45, 2.75) is 22.5 Å². The van der Waals surface area contributed by atoms with E-state index in [1.807, 2.05) is 18.2 Å². The topological polar surface area (TPSA) is 75.7 Å². The number of rotatable bonds is 7. The van der Waals surface area contributed by atoms with Crippen molar-refractivity contribution in [2.75, 3.05) is 39.6 Å². The van der Waals surface area contributed by atoms with E-state index in [2.05, 4.69) is 17.4 Å². The molecule has 1 aromatic carbocycles. The van der Waals surface area contributed by atoms with Crippen molar-refractivity contribution in [1.82, 2.24) is 9.62 Å². The average Bonchev–Trinajstić information content (AvgIpc) is 2.54.